The molecule has 0 spiro atoms. The summed E-state index contributed by atoms with van der Waals surface area (Å²) in [7, 11) is 0. The Bertz CT molecular complexity index is 901. The molecule has 2 heterocycles. The van der Waals surface area contributed by atoms with Crippen LogP contribution in [-0.2, 0) is 13.1 Å². The quantitative estimate of drug-likeness (QED) is 0.737. The van der Waals surface area contributed by atoms with Gasteiger partial charge in [0.2, 0.25) is 0 Å². The first-order valence-electron chi connectivity index (χ1n) is 9.12. The van der Waals surface area contributed by atoms with Crippen LogP contribution < -0.4 is 5.32 Å². The first-order valence-corrected chi connectivity index (χ1v) is 9.12. The molecular weight excluding hydrogens is 322 g/mol. The van der Waals surface area contributed by atoms with Crippen LogP contribution in [0.15, 0.2) is 72.9 Å². The summed E-state index contributed by atoms with van der Waals surface area (Å²) in [5.74, 6) is 0. The van der Waals surface area contributed by atoms with Crippen LogP contribution in [0.5, 0.6) is 0 Å². The minimum atomic E-state index is -0.0230. The van der Waals surface area contributed by atoms with Gasteiger partial charge in [0.15, 0.2) is 0 Å². The minimum Gasteiger partial charge on any atom is -0.334 e. The van der Waals surface area contributed by atoms with Crippen LogP contribution in [0.3, 0.4) is 0 Å². The van der Waals surface area contributed by atoms with Gasteiger partial charge in [-0.25, -0.2) is 4.79 Å². The third kappa shape index (κ3) is 2.99. The second-order valence-corrected chi connectivity index (χ2v) is 6.63. The lowest BCUT2D eigenvalue weighted by atomic mass is 10.1. The maximum absolute atomic E-state index is 13.0. The number of carbonyl (C=O) groups excluding carboxylic acids is 1. The Morgan fingerprint density at radius 2 is 1.81 bits per heavy atom. The molecule has 0 bridgehead atoms. The first kappa shape index (κ1) is 16.5. The summed E-state index contributed by atoms with van der Waals surface area (Å²) in [6.07, 6.45) is 2.96. The monoisotopic (exact) mass is 345 g/mol. The van der Waals surface area contributed by atoms with Gasteiger partial charge in [-0.05, 0) is 35.7 Å². The standard InChI is InChI=1S/C22H23N3O/c1-2-19-21-13-8-14-24(21)20-12-7-6-11-18(20)16-25(19)22(26)23-15-17-9-4-3-5-10-17/h3-14,19H,2,15-16H2,1H3,(H,23,26)/t19-/m1/s1. The molecule has 1 aromatic heterocycles. The minimum absolute atomic E-state index is 0.0230. The number of fused-ring (bicyclic) bond motifs is 3. The number of benzene rings is 2. The van der Waals surface area contributed by atoms with E-state index in [1.807, 2.05) is 41.3 Å². The van der Waals surface area contributed by atoms with E-state index in [2.05, 4.69) is 53.3 Å². The Kier molecular flexibility index (Phi) is 4.48. The molecule has 3 aromatic rings. The van der Waals surface area contributed by atoms with E-state index in [0.29, 0.717) is 13.1 Å². The van der Waals surface area contributed by atoms with Crippen LogP contribution in [0.2, 0.25) is 0 Å². The number of nitrogens with zero attached hydrogens (tertiary/aromatic N) is 2. The van der Waals surface area contributed by atoms with Crippen molar-refractivity contribution in [2.24, 2.45) is 0 Å². The predicted molar refractivity (Wildman–Crippen MR) is 103 cm³/mol. The summed E-state index contributed by atoms with van der Waals surface area (Å²) in [6.45, 7) is 3.28. The normalized spacial score (nSPS) is 15.7. The van der Waals surface area contributed by atoms with Crippen molar-refractivity contribution in [1.29, 1.82) is 0 Å². The van der Waals surface area contributed by atoms with Gasteiger partial charge in [0, 0.05) is 18.4 Å². The van der Waals surface area contributed by atoms with Gasteiger partial charge in [0.05, 0.1) is 18.3 Å². The number of amides is 2. The van der Waals surface area contributed by atoms with Gasteiger partial charge < -0.3 is 14.8 Å². The molecule has 4 rings (SSSR count). The summed E-state index contributed by atoms with van der Waals surface area (Å²) < 4.78 is 2.22. The van der Waals surface area contributed by atoms with E-state index >= 15 is 0 Å². The van der Waals surface area contributed by atoms with E-state index in [4.69, 9.17) is 0 Å². The zero-order chi connectivity index (χ0) is 17.9. The van der Waals surface area contributed by atoms with Crippen molar-refractivity contribution < 1.29 is 4.79 Å². The summed E-state index contributed by atoms with van der Waals surface area (Å²) in [5, 5.41) is 3.09. The van der Waals surface area contributed by atoms with Crippen molar-refractivity contribution in [3.63, 3.8) is 0 Å². The van der Waals surface area contributed by atoms with Crippen LogP contribution in [-0.4, -0.2) is 15.5 Å². The lowest BCUT2D eigenvalue weighted by Crippen LogP contribution is -2.41. The molecule has 1 aliphatic heterocycles. The second-order valence-electron chi connectivity index (χ2n) is 6.63. The number of nitrogens with one attached hydrogen (secondary N) is 1. The number of urea groups is 1. The molecular formula is C22H23N3O. The average molecular weight is 345 g/mol. The van der Waals surface area contributed by atoms with Gasteiger partial charge in [-0.2, -0.15) is 0 Å². The topological polar surface area (TPSA) is 37.3 Å². The lowest BCUT2D eigenvalue weighted by Gasteiger charge is -2.29. The highest BCUT2D eigenvalue weighted by atomic mass is 16.2. The largest absolute Gasteiger partial charge is 0.334 e. The maximum atomic E-state index is 13.0. The van der Waals surface area contributed by atoms with E-state index in [9.17, 15) is 4.79 Å². The number of hydrogen-bond donors (Lipinski definition) is 1. The molecule has 132 valence electrons. The smallest absolute Gasteiger partial charge is 0.318 e. The number of rotatable bonds is 3. The third-order valence-electron chi connectivity index (χ3n) is 5.02. The molecule has 1 atom stereocenters. The van der Waals surface area contributed by atoms with E-state index in [1.54, 1.807) is 0 Å². The van der Waals surface area contributed by atoms with Gasteiger partial charge >= 0.3 is 6.03 Å². The Morgan fingerprint density at radius 1 is 1.04 bits per heavy atom. The molecule has 26 heavy (non-hydrogen) atoms. The highest BCUT2D eigenvalue weighted by Gasteiger charge is 2.30. The van der Waals surface area contributed by atoms with Crippen molar-refractivity contribution in [3.8, 4) is 5.69 Å². The first-order chi connectivity index (χ1) is 12.8. The van der Waals surface area contributed by atoms with Crippen LogP contribution >= 0.6 is 0 Å². The molecule has 0 saturated carbocycles. The van der Waals surface area contributed by atoms with Crippen LogP contribution in [0.1, 0.15) is 36.2 Å². The number of carbonyl (C=O) groups is 1. The third-order valence-corrected chi connectivity index (χ3v) is 5.02. The highest BCUT2D eigenvalue weighted by Crippen LogP contribution is 2.33. The fourth-order valence-corrected chi connectivity index (χ4v) is 3.74. The molecule has 0 saturated heterocycles. The SMILES string of the molecule is CC[C@@H]1c2cccn2-c2ccccc2CN1C(=O)NCc1ccccc1. The van der Waals surface area contributed by atoms with Crippen molar-refractivity contribution in [3.05, 3.63) is 89.7 Å². The summed E-state index contributed by atoms with van der Waals surface area (Å²) in [6, 6.07) is 22.5. The Labute approximate surface area is 154 Å². The van der Waals surface area contributed by atoms with E-state index in [0.717, 1.165) is 28.9 Å². The van der Waals surface area contributed by atoms with Crippen LogP contribution in [0.4, 0.5) is 4.79 Å². The lowest BCUT2D eigenvalue weighted by molar-refractivity contribution is 0.167. The Hall–Kier alpha value is -3.01. The molecule has 4 heteroatoms. The second kappa shape index (κ2) is 7.08. The Balaban J connectivity index is 1.64. The van der Waals surface area contributed by atoms with Crippen molar-refractivity contribution in [2.45, 2.75) is 32.5 Å². The highest BCUT2D eigenvalue weighted by molar-refractivity contribution is 5.75. The van der Waals surface area contributed by atoms with E-state index in [1.165, 1.54) is 0 Å². The molecule has 4 nitrogen and oxygen atoms in total. The number of para-hydroxylation sites is 1. The molecule has 2 aromatic carbocycles. The molecule has 0 unspecified atom stereocenters. The summed E-state index contributed by atoms with van der Waals surface area (Å²) in [5.41, 5.74) is 4.58. The molecule has 0 fully saturated rings. The molecule has 2 amide bonds. The number of aromatic nitrogens is 1. The van der Waals surface area contributed by atoms with Gasteiger partial charge in [-0.3, -0.25) is 0 Å². The predicted octanol–water partition coefficient (Wildman–Crippen LogP) is 4.65. The van der Waals surface area contributed by atoms with Gasteiger partial charge in [-0.15, -0.1) is 0 Å². The Morgan fingerprint density at radius 3 is 2.62 bits per heavy atom. The van der Waals surface area contributed by atoms with Crippen molar-refractivity contribution >= 4 is 6.03 Å². The van der Waals surface area contributed by atoms with Gasteiger partial charge in [0.25, 0.3) is 0 Å². The molecule has 1 N–H and O–H groups in total. The van der Waals surface area contributed by atoms with Crippen molar-refractivity contribution in [1.82, 2.24) is 14.8 Å². The maximum Gasteiger partial charge on any atom is 0.318 e. The molecule has 0 aliphatic carbocycles. The average Bonchev–Trinajstić information content (AvgIpc) is 3.11. The van der Waals surface area contributed by atoms with Gasteiger partial charge in [-0.1, -0.05) is 55.5 Å². The van der Waals surface area contributed by atoms with E-state index in [-0.39, 0.29) is 12.1 Å². The summed E-state index contributed by atoms with van der Waals surface area (Å²) in [4.78, 5) is 15.0. The zero-order valence-corrected chi connectivity index (χ0v) is 14.9. The zero-order valence-electron chi connectivity index (χ0n) is 14.9. The van der Waals surface area contributed by atoms with Crippen molar-refractivity contribution in [2.75, 3.05) is 0 Å². The summed E-state index contributed by atoms with van der Waals surface area (Å²) >= 11 is 0. The van der Waals surface area contributed by atoms with E-state index < -0.39 is 0 Å². The molecule has 0 radical (unpaired) electrons. The fraction of sp³-hybridized carbons (Fsp3) is 0.227. The molecule has 1 aliphatic rings. The fourth-order valence-electron chi connectivity index (χ4n) is 3.74. The van der Waals surface area contributed by atoms with Crippen LogP contribution in [0, 0.1) is 0 Å². The van der Waals surface area contributed by atoms with Crippen LogP contribution in [0.25, 0.3) is 5.69 Å². The number of hydrogen-bond acceptors (Lipinski definition) is 1. The van der Waals surface area contributed by atoms with Gasteiger partial charge in [0.1, 0.15) is 0 Å².